The number of aromatic nitrogens is 3. The summed E-state index contributed by atoms with van der Waals surface area (Å²) in [6.07, 6.45) is 5.62. The van der Waals surface area contributed by atoms with Gasteiger partial charge in [0.2, 0.25) is 0 Å². The van der Waals surface area contributed by atoms with E-state index in [2.05, 4.69) is 28.3 Å². The molecule has 0 saturated carbocycles. The molecule has 7 heteroatoms. The second kappa shape index (κ2) is 7.76. The first-order valence-electron chi connectivity index (χ1n) is 9.70. The number of rotatable bonds is 4. The minimum atomic E-state index is 0.0131. The number of hydrogen-bond donors (Lipinski definition) is 0. The molecule has 0 aliphatic carbocycles. The SMILES string of the molecule is Cn1cc(C2CN(C(=O)c3ccc(Oc4nccs4)cc3)Cc3ccccc32)cn1. The molecule has 0 fully saturated rings. The van der Waals surface area contributed by atoms with Gasteiger partial charge in [0.15, 0.2) is 0 Å². The Labute approximate surface area is 178 Å². The summed E-state index contributed by atoms with van der Waals surface area (Å²) >= 11 is 1.43. The van der Waals surface area contributed by atoms with Gasteiger partial charge in [0.1, 0.15) is 5.75 Å². The van der Waals surface area contributed by atoms with E-state index in [1.54, 1.807) is 10.9 Å². The van der Waals surface area contributed by atoms with E-state index in [0.29, 0.717) is 29.6 Å². The van der Waals surface area contributed by atoms with Crippen LogP contribution >= 0.6 is 11.3 Å². The Bertz CT molecular complexity index is 1170. The molecular formula is C23H20N4O2S. The number of nitrogens with zero attached hydrogens (tertiary/aromatic N) is 4. The van der Waals surface area contributed by atoms with Crippen molar-refractivity contribution in [2.24, 2.45) is 7.05 Å². The summed E-state index contributed by atoms with van der Waals surface area (Å²) in [5.41, 5.74) is 4.21. The maximum Gasteiger partial charge on any atom is 0.278 e. The Kier molecular flexibility index (Phi) is 4.80. The normalized spacial score (nSPS) is 15.6. The molecule has 1 aliphatic heterocycles. The number of amides is 1. The molecule has 6 nitrogen and oxygen atoms in total. The number of carbonyl (C=O) groups excluding carboxylic acids is 1. The van der Waals surface area contributed by atoms with Crippen LogP contribution in [0, 0.1) is 0 Å². The molecule has 0 saturated heterocycles. The molecule has 2 aromatic heterocycles. The molecule has 3 heterocycles. The van der Waals surface area contributed by atoms with Gasteiger partial charge in [0, 0.05) is 49.4 Å². The fourth-order valence-corrected chi connectivity index (χ4v) is 4.38. The predicted octanol–water partition coefficient (Wildman–Crippen LogP) is 4.46. The summed E-state index contributed by atoms with van der Waals surface area (Å²) in [5.74, 6) is 0.790. The molecule has 0 bridgehead atoms. The van der Waals surface area contributed by atoms with Crippen molar-refractivity contribution in [3.63, 3.8) is 0 Å². The van der Waals surface area contributed by atoms with Gasteiger partial charge in [-0.2, -0.15) is 5.10 Å². The third kappa shape index (κ3) is 3.59. The van der Waals surface area contributed by atoms with Crippen LogP contribution in [0.3, 0.4) is 0 Å². The zero-order valence-electron chi connectivity index (χ0n) is 16.4. The van der Waals surface area contributed by atoms with Crippen LogP contribution < -0.4 is 4.74 Å². The molecule has 30 heavy (non-hydrogen) atoms. The topological polar surface area (TPSA) is 60.2 Å². The fraction of sp³-hybridized carbons (Fsp3) is 0.174. The highest BCUT2D eigenvalue weighted by atomic mass is 32.1. The van der Waals surface area contributed by atoms with E-state index in [1.165, 1.54) is 22.5 Å². The minimum absolute atomic E-state index is 0.0131. The number of aryl methyl sites for hydroxylation is 1. The monoisotopic (exact) mass is 416 g/mol. The quantitative estimate of drug-likeness (QED) is 0.493. The molecule has 5 rings (SSSR count). The van der Waals surface area contributed by atoms with Crippen LogP contribution in [0.15, 0.2) is 72.5 Å². The molecule has 1 amide bonds. The summed E-state index contributed by atoms with van der Waals surface area (Å²) in [7, 11) is 1.91. The summed E-state index contributed by atoms with van der Waals surface area (Å²) in [6.45, 7) is 1.22. The lowest BCUT2D eigenvalue weighted by atomic mass is 9.86. The Balaban J connectivity index is 1.39. The van der Waals surface area contributed by atoms with Crippen LogP contribution in [0.4, 0.5) is 0 Å². The van der Waals surface area contributed by atoms with Gasteiger partial charge in [-0.25, -0.2) is 4.98 Å². The van der Waals surface area contributed by atoms with Gasteiger partial charge in [-0.05, 0) is 41.0 Å². The van der Waals surface area contributed by atoms with E-state index >= 15 is 0 Å². The largest absolute Gasteiger partial charge is 0.431 e. The van der Waals surface area contributed by atoms with Crippen molar-refractivity contribution >= 4 is 17.2 Å². The van der Waals surface area contributed by atoms with E-state index in [0.717, 1.165) is 5.56 Å². The lowest BCUT2D eigenvalue weighted by Gasteiger charge is -2.34. The number of fused-ring (bicyclic) bond motifs is 1. The zero-order valence-corrected chi connectivity index (χ0v) is 17.2. The average molecular weight is 417 g/mol. The van der Waals surface area contributed by atoms with Crippen molar-refractivity contribution in [1.29, 1.82) is 0 Å². The van der Waals surface area contributed by atoms with Crippen molar-refractivity contribution in [3.8, 4) is 10.9 Å². The number of ether oxygens (including phenoxy) is 1. The van der Waals surface area contributed by atoms with Crippen molar-refractivity contribution in [2.45, 2.75) is 12.5 Å². The van der Waals surface area contributed by atoms with Gasteiger partial charge in [-0.15, -0.1) is 0 Å². The molecule has 1 atom stereocenters. The molecule has 4 aromatic rings. The van der Waals surface area contributed by atoms with Crippen LogP contribution in [0.25, 0.3) is 0 Å². The highest BCUT2D eigenvalue weighted by Gasteiger charge is 2.30. The van der Waals surface area contributed by atoms with Crippen molar-refractivity contribution in [3.05, 3.63) is 94.8 Å². The third-order valence-electron chi connectivity index (χ3n) is 5.33. The zero-order chi connectivity index (χ0) is 20.5. The van der Waals surface area contributed by atoms with Crippen molar-refractivity contribution in [1.82, 2.24) is 19.7 Å². The minimum Gasteiger partial charge on any atom is -0.431 e. The molecule has 150 valence electrons. The highest BCUT2D eigenvalue weighted by molar-refractivity contribution is 7.11. The van der Waals surface area contributed by atoms with Crippen LogP contribution in [-0.2, 0) is 13.6 Å². The highest BCUT2D eigenvalue weighted by Crippen LogP contribution is 2.34. The molecule has 1 aliphatic rings. The molecule has 1 unspecified atom stereocenters. The summed E-state index contributed by atoms with van der Waals surface area (Å²) in [6, 6.07) is 15.6. The molecule has 0 radical (unpaired) electrons. The maximum absolute atomic E-state index is 13.3. The number of carbonyl (C=O) groups is 1. The molecule has 0 N–H and O–H groups in total. The smallest absolute Gasteiger partial charge is 0.278 e. The Morgan fingerprint density at radius 3 is 2.73 bits per heavy atom. The second-order valence-corrected chi connectivity index (χ2v) is 8.17. The van der Waals surface area contributed by atoms with Gasteiger partial charge in [0.25, 0.3) is 11.1 Å². The number of hydrogen-bond acceptors (Lipinski definition) is 5. The van der Waals surface area contributed by atoms with E-state index < -0.39 is 0 Å². The summed E-state index contributed by atoms with van der Waals surface area (Å²) < 4.78 is 7.50. The first kappa shape index (κ1) is 18.6. The van der Waals surface area contributed by atoms with Crippen molar-refractivity contribution in [2.75, 3.05) is 6.54 Å². The van der Waals surface area contributed by atoms with E-state index in [9.17, 15) is 4.79 Å². The van der Waals surface area contributed by atoms with Crippen LogP contribution in [0.2, 0.25) is 0 Å². The van der Waals surface area contributed by atoms with E-state index in [-0.39, 0.29) is 11.8 Å². The molecule has 0 spiro atoms. The van der Waals surface area contributed by atoms with Crippen LogP contribution in [0.1, 0.15) is 33.0 Å². The predicted molar refractivity (Wildman–Crippen MR) is 115 cm³/mol. The first-order chi connectivity index (χ1) is 14.7. The first-order valence-corrected chi connectivity index (χ1v) is 10.6. The van der Waals surface area contributed by atoms with Crippen molar-refractivity contribution < 1.29 is 9.53 Å². The lowest BCUT2D eigenvalue weighted by molar-refractivity contribution is 0.0725. The second-order valence-electron chi connectivity index (χ2n) is 7.31. The average Bonchev–Trinajstić information content (AvgIpc) is 3.45. The summed E-state index contributed by atoms with van der Waals surface area (Å²) in [4.78, 5) is 19.3. The third-order valence-corrected chi connectivity index (χ3v) is 5.97. The molecule has 2 aromatic carbocycles. The van der Waals surface area contributed by atoms with Crippen LogP contribution in [-0.4, -0.2) is 32.1 Å². The van der Waals surface area contributed by atoms with Gasteiger partial charge >= 0.3 is 0 Å². The standard InChI is InChI=1S/C23H20N4O2S/c1-26-13-18(12-25-26)21-15-27(14-17-4-2-3-5-20(17)21)22(28)16-6-8-19(9-7-16)29-23-24-10-11-30-23/h2-13,21H,14-15H2,1H3. The number of benzene rings is 2. The Morgan fingerprint density at radius 2 is 2.00 bits per heavy atom. The number of thiazole rings is 1. The maximum atomic E-state index is 13.3. The summed E-state index contributed by atoms with van der Waals surface area (Å²) in [5, 5.41) is 6.77. The van der Waals surface area contributed by atoms with E-state index in [1.807, 2.05) is 60.1 Å². The fourth-order valence-electron chi connectivity index (χ4n) is 3.88. The Hall–Kier alpha value is -3.45. The van der Waals surface area contributed by atoms with Gasteiger partial charge in [-0.3, -0.25) is 9.48 Å². The Morgan fingerprint density at radius 1 is 1.17 bits per heavy atom. The van der Waals surface area contributed by atoms with Gasteiger partial charge in [-0.1, -0.05) is 35.6 Å². The molecular weight excluding hydrogens is 396 g/mol. The van der Waals surface area contributed by atoms with Crippen LogP contribution in [0.5, 0.6) is 10.9 Å². The van der Waals surface area contributed by atoms with Gasteiger partial charge in [0.05, 0.1) is 6.20 Å². The lowest BCUT2D eigenvalue weighted by Crippen LogP contribution is -2.38. The van der Waals surface area contributed by atoms with Gasteiger partial charge < -0.3 is 9.64 Å². The van der Waals surface area contributed by atoms with E-state index in [4.69, 9.17) is 4.74 Å².